The summed E-state index contributed by atoms with van der Waals surface area (Å²) in [6, 6.07) is 27.3. The van der Waals surface area contributed by atoms with E-state index >= 15 is 0 Å². The SMILES string of the molecule is O=C(O)C(F)(F)F.O=S(=O)(Nc1ccc2c(c1)N=C(Cc1ccc(Oc3ccccc3)cc1)[NH2+]2)c1ccc(F)cc1. The highest BCUT2D eigenvalue weighted by atomic mass is 32.2. The summed E-state index contributed by atoms with van der Waals surface area (Å²) in [5, 5.41) is 9.11. The molecule has 0 fully saturated rings. The molecular weight excluding hydrogens is 566 g/mol. The Hall–Kier alpha value is -4.75. The van der Waals surface area contributed by atoms with E-state index in [1.807, 2.05) is 66.0 Å². The molecule has 4 aromatic carbocycles. The number of hydrogen-bond acceptors (Lipinski definition) is 5. The molecule has 0 unspecified atom stereocenters. The third-order valence-corrected chi connectivity index (χ3v) is 6.92. The zero-order valence-corrected chi connectivity index (χ0v) is 21.8. The van der Waals surface area contributed by atoms with Crippen LogP contribution in [-0.4, -0.2) is 31.5 Å². The Morgan fingerprint density at radius 3 is 2.12 bits per heavy atom. The van der Waals surface area contributed by atoms with E-state index in [-0.39, 0.29) is 4.90 Å². The molecule has 0 radical (unpaired) electrons. The maximum Gasteiger partial charge on any atom is 0.490 e. The van der Waals surface area contributed by atoms with Gasteiger partial charge >= 0.3 is 12.1 Å². The van der Waals surface area contributed by atoms with Gasteiger partial charge in [-0.15, -0.1) is 0 Å². The molecule has 0 saturated carbocycles. The molecule has 0 amide bonds. The number of aliphatic imine (C=N–C) groups is 1. The number of aliphatic carboxylic acids is 1. The highest BCUT2D eigenvalue weighted by Gasteiger charge is 2.38. The fourth-order valence-electron chi connectivity index (χ4n) is 3.62. The molecule has 0 spiro atoms. The molecule has 0 bridgehead atoms. The van der Waals surface area contributed by atoms with Crippen molar-refractivity contribution in [1.29, 1.82) is 0 Å². The number of quaternary nitrogens is 1. The predicted octanol–water partition coefficient (Wildman–Crippen LogP) is 5.53. The van der Waals surface area contributed by atoms with E-state index in [2.05, 4.69) is 9.71 Å². The second-order valence-corrected chi connectivity index (χ2v) is 10.3. The first kappa shape index (κ1) is 29.2. The van der Waals surface area contributed by atoms with Crippen LogP contribution >= 0.6 is 0 Å². The number of sulfonamides is 1. The van der Waals surface area contributed by atoms with Crippen LogP contribution in [0.2, 0.25) is 0 Å². The van der Waals surface area contributed by atoms with Crippen molar-refractivity contribution in [3.05, 3.63) is 108 Å². The predicted molar refractivity (Wildman–Crippen MR) is 143 cm³/mol. The number of hydrogen-bond donors (Lipinski definition) is 3. The molecule has 1 heterocycles. The Kier molecular flexibility index (Phi) is 8.69. The van der Waals surface area contributed by atoms with Crippen molar-refractivity contribution in [3.63, 3.8) is 0 Å². The molecule has 8 nitrogen and oxygen atoms in total. The number of fused-ring (bicyclic) bond motifs is 1. The average Bonchev–Trinajstić information content (AvgIpc) is 3.32. The number of ether oxygens (including phenoxy) is 1. The number of nitrogens with one attached hydrogen (secondary N) is 1. The number of alkyl halides is 3. The van der Waals surface area contributed by atoms with Gasteiger partial charge in [0.25, 0.3) is 10.0 Å². The van der Waals surface area contributed by atoms with Crippen molar-refractivity contribution in [2.45, 2.75) is 17.5 Å². The lowest BCUT2D eigenvalue weighted by Crippen LogP contribution is -2.81. The first-order valence-electron chi connectivity index (χ1n) is 11.9. The van der Waals surface area contributed by atoms with Crippen LogP contribution in [0.3, 0.4) is 0 Å². The largest absolute Gasteiger partial charge is 0.490 e. The number of anilines is 1. The lowest BCUT2D eigenvalue weighted by Gasteiger charge is -2.08. The number of halogens is 4. The normalized spacial score (nSPS) is 12.4. The van der Waals surface area contributed by atoms with Crippen molar-refractivity contribution in [1.82, 2.24) is 0 Å². The number of rotatable bonds is 7. The zero-order chi connectivity index (χ0) is 29.6. The summed E-state index contributed by atoms with van der Waals surface area (Å²) in [6.07, 6.45) is -4.45. The van der Waals surface area contributed by atoms with Crippen LogP contribution in [0.1, 0.15) is 5.56 Å². The molecule has 0 atom stereocenters. The minimum absolute atomic E-state index is 0.00941. The zero-order valence-electron chi connectivity index (χ0n) is 21.0. The smallest absolute Gasteiger partial charge is 0.475 e. The molecule has 41 heavy (non-hydrogen) atoms. The Morgan fingerprint density at radius 2 is 1.51 bits per heavy atom. The molecular formula is C28H22F4N3O5S+. The monoisotopic (exact) mass is 588 g/mol. The van der Waals surface area contributed by atoms with Gasteiger partial charge in [0.05, 0.1) is 17.0 Å². The fraction of sp³-hybridized carbons (Fsp3) is 0.0714. The molecule has 13 heteroatoms. The van der Waals surface area contributed by atoms with Gasteiger partial charge in [-0.2, -0.15) is 18.2 Å². The molecule has 1 aliphatic rings. The highest BCUT2D eigenvalue weighted by molar-refractivity contribution is 7.92. The van der Waals surface area contributed by atoms with E-state index in [0.29, 0.717) is 17.8 Å². The second kappa shape index (κ2) is 12.2. The van der Waals surface area contributed by atoms with E-state index in [1.165, 1.54) is 12.1 Å². The number of carboxylic acids is 1. The maximum atomic E-state index is 13.1. The number of carbonyl (C=O) groups is 1. The van der Waals surface area contributed by atoms with E-state index in [9.17, 15) is 26.0 Å². The Bertz CT molecular complexity index is 1660. The van der Waals surface area contributed by atoms with Gasteiger partial charge < -0.3 is 9.84 Å². The van der Waals surface area contributed by atoms with E-state index in [4.69, 9.17) is 14.6 Å². The number of nitrogens with two attached hydrogens (primary N) is 1. The van der Waals surface area contributed by atoms with Crippen LogP contribution in [0, 0.1) is 5.82 Å². The molecule has 4 aromatic rings. The van der Waals surface area contributed by atoms with Crippen molar-refractivity contribution in [2.75, 3.05) is 4.72 Å². The Morgan fingerprint density at radius 1 is 0.902 bits per heavy atom. The molecule has 5 rings (SSSR count). The van der Waals surface area contributed by atoms with Crippen LogP contribution in [0.25, 0.3) is 0 Å². The molecule has 1 aliphatic heterocycles. The number of nitrogens with zero attached hydrogens (tertiary/aromatic N) is 1. The number of para-hydroxylation sites is 1. The van der Waals surface area contributed by atoms with Gasteiger partial charge in [0.2, 0.25) is 5.84 Å². The summed E-state index contributed by atoms with van der Waals surface area (Å²) in [5.41, 5.74) is 3.09. The fourth-order valence-corrected chi connectivity index (χ4v) is 4.67. The lowest BCUT2D eigenvalue weighted by molar-refractivity contribution is -0.440. The van der Waals surface area contributed by atoms with E-state index < -0.39 is 28.0 Å². The summed E-state index contributed by atoms with van der Waals surface area (Å²) in [4.78, 5) is 13.5. The van der Waals surface area contributed by atoms with Crippen LogP contribution in [0.15, 0.2) is 107 Å². The second-order valence-electron chi connectivity index (χ2n) is 8.62. The van der Waals surface area contributed by atoms with Crippen LogP contribution in [0.4, 0.5) is 34.6 Å². The maximum absolute atomic E-state index is 13.1. The lowest BCUT2D eigenvalue weighted by atomic mass is 10.1. The van der Waals surface area contributed by atoms with Crippen molar-refractivity contribution in [3.8, 4) is 11.5 Å². The van der Waals surface area contributed by atoms with Gasteiger partial charge in [-0.25, -0.2) is 17.6 Å². The summed E-state index contributed by atoms with van der Waals surface area (Å²) in [6.45, 7) is 0. The van der Waals surface area contributed by atoms with Crippen LogP contribution in [0.5, 0.6) is 11.5 Å². The molecule has 212 valence electrons. The molecule has 4 N–H and O–H groups in total. The third-order valence-electron chi connectivity index (χ3n) is 5.52. The number of amidine groups is 1. The van der Waals surface area contributed by atoms with Crippen LogP contribution < -0.4 is 14.8 Å². The number of benzene rings is 4. The van der Waals surface area contributed by atoms with E-state index in [0.717, 1.165) is 40.7 Å². The minimum Gasteiger partial charge on any atom is -0.475 e. The molecule has 0 aromatic heterocycles. The summed E-state index contributed by atoms with van der Waals surface area (Å²) in [5.74, 6) is -0.830. The van der Waals surface area contributed by atoms with Gasteiger partial charge in [-0.1, -0.05) is 30.3 Å². The Labute approximate surface area is 232 Å². The summed E-state index contributed by atoms with van der Waals surface area (Å²) < 4.78 is 78.4. The number of carboxylic acid groups (broad SMARTS) is 1. The van der Waals surface area contributed by atoms with E-state index in [1.54, 1.807) is 12.1 Å². The van der Waals surface area contributed by atoms with Gasteiger partial charge in [-0.05, 0) is 66.2 Å². The first-order valence-corrected chi connectivity index (χ1v) is 13.3. The minimum atomic E-state index is -5.08. The van der Waals surface area contributed by atoms with Gasteiger partial charge in [-0.3, -0.25) is 10.0 Å². The summed E-state index contributed by atoms with van der Waals surface area (Å²) >= 11 is 0. The van der Waals surface area contributed by atoms with Crippen molar-refractivity contribution < 1.29 is 45.9 Å². The first-order chi connectivity index (χ1) is 19.4. The molecule has 0 saturated heterocycles. The average molecular weight is 589 g/mol. The van der Waals surface area contributed by atoms with Crippen molar-refractivity contribution >= 4 is 38.9 Å². The summed E-state index contributed by atoms with van der Waals surface area (Å²) in [7, 11) is -3.82. The Balaban J connectivity index is 0.000000493. The third kappa shape index (κ3) is 8.13. The van der Waals surface area contributed by atoms with Gasteiger partial charge in [0.1, 0.15) is 23.0 Å². The quantitative estimate of drug-likeness (QED) is 0.194. The van der Waals surface area contributed by atoms with Gasteiger partial charge in [0, 0.05) is 6.07 Å². The topological polar surface area (TPSA) is 122 Å². The van der Waals surface area contributed by atoms with Crippen molar-refractivity contribution in [2.24, 2.45) is 4.99 Å². The molecule has 0 aliphatic carbocycles. The standard InChI is InChI=1S/C26H20FN3O3S.C2HF3O2/c27-19-8-13-23(14-9-19)34(31,32)30-20-10-15-24-25(17-20)29-26(28-24)16-18-6-11-22(12-7-18)33-21-4-2-1-3-5-21;3-2(4,5)1(6)7/h1-15,17,30H,16H2,(H,28,29);(H,6,7)/p+1. The van der Waals surface area contributed by atoms with Gasteiger partial charge in [0.15, 0.2) is 5.69 Å². The highest BCUT2D eigenvalue weighted by Crippen LogP contribution is 2.30. The van der Waals surface area contributed by atoms with Crippen LogP contribution in [-0.2, 0) is 21.2 Å².